The summed E-state index contributed by atoms with van der Waals surface area (Å²) in [5, 5.41) is 12.2. The van der Waals surface area contributed by atoms with Crippen molar-refractivity contribution in [3.8, 4) is 17.1 Å². The molecule has 0 aliphatic carbocycles. The minimum Gasteiger partial charge on any atom is -0.495 e. The summed E-state index contributed by atoms with van der Waals surface area (Å²) in [5.41, 5.74) is 1.52. The van der Waals surface area contributed by atoms with Gasteiger partial charge in [-0.15, -0.1) is 10.2 Å². The van der Waals surface area contributed by atoms with E-state index < -0.39 is 0 Å². The molecule has 9 heteroatoms. The monoisotopic (exact) mass is 389 g/mol. The van der Waals surface area contributed by atoms with Gasteiger partial charge in [-0.1, -0.05) is 23.4 Å². The first-order chi connectivity index (χ1) is 12.6. The lowest BCUT2D eigenvalue weighted by Gasteiger charge is -2.08. The molecule has 0 fully saturated rings. The second-order valence-corrected chi connectivity index (χ2v) is 6.64. The van der Waals surface area contributed by atoms with Crippen LogP contribution in [-0.4, -0.2) is 38.5 Å². The number of hydrogen-bond acceptors (Lipinski definition) is 6. The number of hydrogen-bond donors (Lipinski definition) is 1. The fourth-order valence-electron chi connectivity index (χ4n) is 2.26. The van der Waals surface area contributed by atoms with Crippen LogP contribution in [0, 0.1) is 0 Å². The van der Waals surface area contributed by atoms with Gasteiger partial charge in [-0.2, -0.15) is 0 Å². The van der Waals surface area contributed by atoms with Crippen molar-refractivity contribution in [2.24, 2.45) is 7.05 Å². The second-order valence-electron chi connectivity index (χ2n) is 5.29. The van der Waals surface area contributed by atoms with Gasteiger partial charge in [0.1, 0.15) is 5.75 Å². The highest BCUT2D eigenvalue weighted by Crippen LogP contribution is 2.27. The Kier molecular flexibility index (Phi) is 5.75. The summed E-state index contributed by atoms with van der Waals surface area (Å²) < 4.78 is 6.94. The molecule has 7 nitrogen and oxygen atoms in total. The van der Waals surface area contributed by atoms with Gasteiger partial charge in [0.2, 0.25) is 5.91 Å². The second kappa shape index (κ2) is 8.20. The van der Waals surface area contributed by atoms with Crippen molar-refractivity contribution >= 4 is 35.0 Å². The summed E-state index contributed by atoms with van der Waals surface area (Å²) in [6, 6.07) is 8.80. The number of halogens is 1. The topological polar surface area (TPSA) is 81.9 Å². The number of methoxy groups -OCH3 is 1. The number of nitrogens with zero attached hydrogens (tertiary/aromatic N) is 4. The highest BCUT2D eigenvalue weighted by Gasteiger charge is 2.13. The molecule has 0 unspecified atom stereocenters. The van der Waals surface area contributed by atoms with Gasteiger partial charge < -0.3 is 14.6 Å². The van der Waals surface area contributed by atoms with Gasteiger partial charge in [-0.3, -0.25) is 9.78 Å². The van der Waals surface area contributed by atoms with E-state index in [-0.39, 0.29) is 11.7 Å². The third-order valence-electron chi connectivity index (χ3n) is 3.54. The lowest BCUT2D eigenvalue weighted by atomic mass is 10.2. The summed E-state index contributed by atoms with van der Waals surface area (Å²) in [5.74, 6) is 1.31. The number of aromatic nitrogens is 4. The van der Waals surface area contributed by atoms with Crippen molar-refractivity contribution in [3.05, 3.63) is 47.7 Å². The molecule has 3 rings (SSSR count). The van der Waals surface area contributed by atoms with Crippen LogP contribution < -0.4 is 10.1 Å². The minimum absolute atomic E-state index is 0.162. The number of benzene rings is 1. The van der Waals surface area contributed by atoms with Crippen LogP contribution in [0.15, 0.2) is 47.9 Å². The summed E-state index contributed by atoms with van der Waals surface area (Å²) in [6.07, 6.45) is 3.40. The summed E-state index contributed by atoms with van der Waals surface area (Å²) in [6.45, 7) is 0. The Labute approximate surface area is 159 Å². The molecule has 26 heavy (non-hydrogen) atoms. The average molecular weight is 390 g/mol. The van der Waals surface area contributed by atoms with Gasteiger partial charge in [-0.05, 0) is 30.3 Å². The van der Waals surface area contributed by atoms with E-state index in [1.54, 1.807) is 30.6 Å². The van der Waals surface area contributed by atoms with Gasteiger partial charge in [0.15, 0.2) is 11.0 Å². The molecule has 2 heterocycles. The highest BCUT2D eigenvalue weighted by molar-refractivity contribution is 7.99. The van der Waals surface area contributed by atoms with Gasteiger partial charge >= 0.3 is 0 Å². The number of pyridine rings is 1. The molecule has 0 radical (unpaired) electrons. The van der Waals surface area contributed by atoms with Crippen LogP contribution in [0.1, 0.15) is 0 Å². The Morgan fingerprint density at radius 2 is 2.04 bits per heavy atom. The highest BCUT2D eigenvalue weighted by atomic mass is 35.5. The zero-order valence-electron chi connectivity index (χ0n) is 14.1. The normalized spacial score (nSPS) is 10.6. The maximum atomic E-state index is 12.2. The maximum Gasteiger partial charge on any atom is 0.234 e. The van der Waals surface area contributed by atoms with Gasteiger partial charge in [-0.25, -0.2) is 0 Å². The standard InChI is InChI=1S/C17H16ClN5O2S/c1-23-16(11-5-7-19-8-6-11)21-22-17(23)26-10-15(24)20-12-3-4-14(25-2)13(18)9-12/h3-9H,10H2,1-2H3,(H,20,24). The number of ether oxygens (including phenoxy) is 1. The smallest absolute Gasteiger partial charge is 0.234 e. The van der Waals surface area contributed by atoms with E-state index in [1.807, 2.05) is 23.7 Å². The fraction of sp³-hybridized carbons (Fsp3) is 0.176. The van der Waals surface area contributed by atoms with E-state index in [0.29, 0.717) is 21.6 Å². The molecule has 134 valence electrons. The largest absolute Gasteiger partial charge is 0.495 e. The van der Waals surface area contributed by atoms with Crippen LogP contribution in [-0.2, 0) is 11.8 Å². The van der Waals surface area contributed by atoms with E-state index in [4.69, 9.17) is 16.3 Å². The summed E-state index contributed by atoms with van der Waals surface area (Å²) in [7, 11) is 3.40. The number of carbonyl (C=O) groups is 1. The summed E-state index contributed by atoms with van der Waals surface area (Å²) >= 11 is 7.37. The molecule has 1 aromatic carbocycles. The Morgan fingerprint density at radius 3 is 2.73 bits per heavy atom. The fourth-order valence-corrected chi connectivity index (χ4v) is 3.23. The summed E-state index contributed by atoms with van der Waals surface area (Å²) in [4.78, 5) is 16.2. The van der Waals surface area contributed by atoms with Crippen molar-refractivity contribution in [1.29, 1.82) is 0 Å². The molecule has 0 saturated heterocycles. The lowest BCUT2D eigenvalue weighted by Crippen LogP contribution is -2.14. The molecule has 0 aliphatic rings. The third-order valence-corrected chi connectivity index (χ3v) is 4.86. The molecule has 1 N–H and O–H groups in total. The number of nitrogens with one attached hydrogen (secondary N) is 1. The molecular formula is C17H16ClN5O2S. The molecule has 0 atom stereocenters. The zero-order chi connectivity index (χ0) is 18.5. The SMILES string of the molecule is COc1ccc(NC(=O)CSc2nnc(-c3ccncc3)n2C)cc1Cl. The first kappa shape index (κ1) is 18.2. The quantitative estimate of drug-likeness (QED) is 0.651. The lowest BCUT2D eigenvalue weighted by molar-refractivity contribution is -0.113. The van der Waals surface area contributed by atoms with Crippen LogP contribution in [0.3, 0.4) is 0 Å². The number of rotatable bonds is 6. The predicted octanol–water partition coefficient (Wildman–Crippen LogP) is 3.27. The average Bonchev–Trinajstić information content (AvgIpc) is 3.01. The molecular weight excluding hydrogens is 374 g/mol. The van der Waals surface area contributed by atoms with E-state index >= 15 is 0 Å². The molecule has 0 aliphatic heterocycles. The molecule has 2 aromatic heterocycles. The molecule has 0 saturated carbocycles. The van der Waals surface area contributed by atoms with E-state index in [9.17, 15) is 4.79 Å². The van der Waals surface area contributed by atoms with Crippen molar-refractivity contribution in [1.82, 2.24) is 19.7 Å². The predicted molar refractivity (Wildman–Crippen MR) is 102 cm³/mol. The Hall–Kier alpha value is -2.58. The van der Waals surface area contributed by atoms with Crippen molar-refractivity contribution < 1.29 is 9.53 Å². The Morgan fingerprint density at radius 1 is 1.27 bits per heavy atom. The molecule has 0 bridgehead atoms. The van der Waals surface area contributed by atoms with Crippen molar-refractivity contribution in [3.63, 3.8) is 0 Å². The number of thioether (sulfide) groups is 1. The van der Waals surface area contributed by atoms with Crippen LogP contribution in [0.25, 0.3) is 11.4 Å². The van der Waals surface area contributed by atoms with E-state index in [2.05, 4.69) is 20.5 Å². The molecule has 3 aromatic rings. The molecule has 0 spiro atoms. The van der Waals surface area contributed by atoms with Crippen LogP contribution in [0.5, 0.6) is 5.75 Å². The van der Waals surface area contributed by atoms with E-state index in [1.165, 1.54) is 18.9 Å². The van der Waals surface area contributed by atoms with Gasteiger partial charge in [0.25, 0.3) is 0 Å². The van der Waals surface area contributed by atoms with Crippen molar-refractivity contribution in [2.75, 3.05) is 18.2 Å². The number of amides is 1. The number of carbonyl (C=O) groups excluding carboxylic acids is 1. The van der Waals surface area contributed by atoms with Crippen LogP contribution >= 0.6 is 23.4 Å². The number of anilines is 1. The van der Waals surface area contributed by atoms with Gasteiger partial charge in [0, 0.05) is 30.7 Å². The zero-order valence-corrected chi connectivity index (χ0v) is 15.7. The minimum atomic E-state index is -0.162. The Balaban J connectivity index is 1.62. The third kappa shape index (κ3) is 4.14. The molecule has 1 amide bonds. The first-order valence-electron chi connectivity index (χ1n) is 7.64. The van der Waals surface area contributed by atoms with E-state index in [0.717, 1.165) is 11.4 Å². The Bertz CT molecular complexity index is 917. The van der Waals surface area contributed by atoms with Crippen LogP contribution in [0.2, 0.25) is 5.02 Å². The van der Waals surface area contributed by atoms with Crippen molar-refractivity contribution in [2.45, 2.75) is 5.16 Å². The van der Waals surface area contributed by atoms with Crippen LogP contribution in [0.4, 0.5) is 5.69 Å². The maximum absolute atomic E-state index is 12.2. The van der Waals surface area contributed by atoms with Gasteiger partial charge in [0.05, 0.1) is 17.9 Å². The first-order valence-corrected chi connectivity index (χ1v) is 9.01.